The van der Waals surface area contributed by atoms with E-state index in [-0.39, 0.29) is 5.91 Å². The normalized spacial score (nSPS) is 20.1. The number of hydrogen-bond acceptors (Lipinski definition) is 4. The van der Waals surface area contributed by atoms with Crippen molar-refractivity contribution in [1.82, 2.24) is 20.0 Å². The minimum absolute atomic E-state index is 0.251. The molecule has 2 aromatic rings. The fourth-order valence-corrected chi connectivity index (χ4v) is 4.63. The van der Waals surface area contributed by atoms with E-state index in [0.717, 1.165) is 64.0 Å². The number of carbonyl (C=O) groups is 1. The Hall–Kier alpha value is -2.34. The van der Waals surface area contributed by atoms with Crippen LogP contribution in [-0.4, -0.2) is 53.9 Å². The smallest absolute Gasteiger partial charge is 0.250 e. The zero-order chi connectivity index (χ0) is 19.4. The third kappa shape index (κ3) is 3.78. The van der Waals surface area contributed by atoms with Crippen LogP contribution in [0.25, 0.3) is 0 Å². The molecule has 6 nitrogen and oxygen atoms in total. The molecule has 6 heteroatoms. The third-order valence-electron chi connectivity index (χ3n) is 6.36. The van der Waals surface area contributed by atoms with Gasteiger partial charge in [-0.15, -0.1) is 0 Å². The Labute approximate surface area is 166 Å². The van der Waals surface area contributed by atoms with Crippen molar-refractivity contribution in [2.75, 3.05) is 33.3 Å². The predicted molar refractivity (Wildman–Crippen MR) is 108 cm³/mol. The predicted octanol–water partition coefficient (Wildman–Crippen LogP) is 2.45. The van der Waals surface area contributed by atoms with Gasteiger partial charge in [-0.3, -0.25) is 9.48 Å². The fraction of sp³-hybridized carbons (Fsp3) is 0.545. The van der Waals surface area contributed by atoms with E-state index in [0.29, 0.717) is 5.92 Å². The van der Waals surface area contributed by atoms with Crippen LogP contribution in [0.3, 0.4) is 0 Å². The Balaban J connectivity index is 1.39. The van der Waals surface area contributed by atoms with Gasteiger partial charge in [0.1, 0.15) is 11.3 Å². The van der Waals surface area contributed by atoms with E-state index in [1.807, 2.05) is 29.1 Å². The van der Waals surface area contributed by atoms with Gasteiger partial charge in [-0.05, 0) is 74.9 Å². The molecular formula is C22H30N4O2. The topological polar surface area (TPSA) is 59.4 Å². The molecule has 0 bridgehead atoms. The SMILES string of the molecule is COc1ccc(CC2CCN(C(=O)C3(n4cccn4)CCNCC3)CC2)cc1. The van der Waals surface area contributed by atoms with Gasteiger partial charge in [0.2, 0.25) is 0 Å². The van der Waals surface area contributed by atoms with Gasteiger partial charge in [-0.1, -0.05) is 12.1 Å². The highest BCUT2D eigenvalue weighted by Crippen LogP contribution is 2.32. The van der Waals surface area contributed by atoms with Crippen LogP contribution in [0.15, 0.2) is 42.7 Å². The number of benzene rings is 1. The number of amides is 1. The number of piperidine rings is 2. The van der Waals surface area contributed by atoms with E-state index in [1.165, 1.54) is 5.56 Å². The Kier molecular flexibility index (Phi) is 5.67. The van der Waals surface area contributed by atoms with Gasteiger partial charge in [0.15, 0.2) is 0 Å². The molecule has 2 aliphatic rings. The molecule has 1 aromatic heterocycles. The van der Waals surface area contributed by atoms with Crippen molar-refractivity contribution in [1.29, 1.82) is 0 Å². The average molecular weight is 383 g/mol. The van der Waals surface area contributed by atoms with Gasteiger partial charge in [-0.2, -0.15) is 5.10 Å². The number of carbonyl (C=O) groups excluding carboxylic acids is 1. The lowest BCUT2D eigenvalue weighted by Crippen LogP contribution is -2.57. The van der Waals surface area contributed by atoms with Crippen LogP contribution in [0, 0.1) is 5.92 Å². The quantitative estimate of drug-likeness (QED) is 0.863. The summed E-state index contributed by atoms with van der Waals surface area (Å²) in [5.74, 6) is 1.78. The molecule has 150 valence electrons. The molecule has 0 unspecified atom stereocenters. The second-order valence-electron chi connectivity index (χ2n) is 8.02. The first-order valence-corrected chi connectivity index (χ1v) is 10.3. The Morgan fingerprint density at radius 1 is 1.21 bits per heavy atom. The van der Waals surface area contributed by atoms with Gasteiger partial charge < -0.3 is 15.0 Å². The molecule has 0 radical (unpaired) electrons. The van der Waals surface area contributed by atoms with Crippen molar-refractivity contribution >= 4 is 5.91 Å². The molecule has 28 heavy (non-hydrogen) atoms. The van der Waals surface area contributed by atoms with Gasteiger partial charge in [0, 0.05) is 25.5 Å². The molecule has 2 fully saturated rings. The molecule has 0 atom stereocenters. The second kappa shape index (κ2) is 8.35. The van der Waals surface area contributed by atoms with Crippen molar-refractivity contribution < 1.29 is 9.53 Å². The Morgan fingerprint density at radius 3 is 2.54 bits per heavy atom. The lowest BCUT2D eigenvalue weighted by atomic mass is 9.84. The van der Waals surface area contributed by atoms with E-state index in [9.17, 15) is 4.79 Å². The number of nitrogens with zero attached hydrogens (tertiary/aromatic N) is 3. The number of hydrogen-bond donors (Lipinski definition) is 1. The maximum absolute atomic E-state index is 13.5. The number of rotatable bonds is 5. The Bertz CT molecular complexity index is 758. The minimum Gasteiger partial charge on any atom is -0.497 e. The standard InChI is InChI=1S/C22H30N4O2/c1-28-20-5-3-18(4-6-20)17-19-7-15-25(16-8-19)21(27)22(9-12-23-13-10-22)26-14-2-11-24-26/h2-6,11,14,19,23H,7-10,12-13,15-17H2,1H3. The molecule has 1 amide bonds. The van der Waals surface area contributed by atoms with Gasteiger partial charge in [0.25, 0.3) is 5.91 Å². The molecule has 4 rings (SSSR count). The number of ether oxygens (including phenoxy) is 1. The zero-order valence-electron chi connectivity index (χ0n) is 16.6. The molecule has 3 heterocycles. The van der Waals surface area contributed by atoms with Crippen LogP contribution in [0.1, 0.15) is 31.2 Å². The largest absolute Gasteiger partial charge is 0.497 e. The van der Waals surface area contributed by atoms with Crippen molar-refractivity contribution in [3.8, 4) is 5.75 Å². The van der Waals surface area contributed by atoms with Crippen LogP contribution >= 0.6 is 0 Å². The van der Waals surface area contributed by atoms with E-state index in [2.05, 4.69) is 27.4 Å². The van der Waals surface area contributed by atoms with Crippen LogP contribution in [0.4, 0.5) is 0 Å². The summed E-state index contributed by atoms with van der Waals surface area (Å²) in [5.41, 5.74) is 0.828. The lowest BCUT2D eigenvalue weighted by molar-refractivity contribution is -0.144. The van der Waals surface area contributed by atoms with Crippen LogP contribution < -0.4 is 10.1 Å². The van der Waals surface area contributed by atoms with E-state index in [1.54, 1.807) is 13.3 Å². The molecular weight excluding hydrogens is 352 g/mol. The van der Waals surface area contributed by atoms with E-state index in [4.69, 9.17) is 4.74 Å². The highest BCUT2D eigenvalue weighted by molar-refractivity contribution is 5.84. The Morgan fingerprint density at radius 2 is 1.93 bits per heavy atom. The van der Waals surface area contributed by atoms with Gasteiger partial charge in [0.05, 0.1) is 7.11 Å². The molecule has 1 N–H and O–H groups in total. The number of nitrogens with one attached hydrogen (secondary N) is 1. The molecule has 0 aliphatic carbocycles. The summed E-state index contributed by atoms with van der Waals surface area (Å²) in [7, 11) is 1.69. The summed E-state index contributed by atoms with van der Waals surface area (Å²) < 4.78 is 7.14. The van der Waals surface area contributed by atoms with Crippen molar-refractivity contribution in [3.05, 3.63) is 48.3 Å². The summed E-state index contributed by atoms with van der Waals surface area (Å²) in [6.45, 7) is 3.41. The minimum atomic E-state index is -0.516. The molecule has 1 aromatic carbocycles. The second-order valence-corrected chi connectivity index (χ2v) is 8.02. The molecule has 0 saturated carbocycles. The molecule has 0 spiro atoms. The van der Waals surface area contributed by atoms with Gasteiger partial charge >= 0.3 is 0 Å². The first-order valence-electron chi connectivity index (χ1n) is 10.3. The summed E-state index contributed by atoms with van der Waals surface area (Å²) in [5, 5.41) is 7.82. The van der Waals surface area contributed by atoms with Crippen LogP contribution in [-0.2, 0) is 16.8 Å². The lowest BCUT2D eigenvalue weighted by Gasteiger charge is -2.42. The number of methoxy groups -OCH3 is 1. The monoisotopic (exact) mass is 382 g/mol. The third-order valence-corrected chi connectivity index (χ3v) is 6.36. The summed E-state index contributed by atoms with van der Waals surface area (Å²) in [6, 6.07) is 10.3. The summed E-state index contributed by atoms with van der Waals surface area (Å²) >= 11 is 0. The molecule has 2 saturated heterocycles. The maximum Gasteiger partial charge on any atom is 0.250 e. The summed E-state index contributed by atoms with van der Waals surface area (Å²) in [4.78, 5) is 15.6. The van der Waals surface area contributed by atoms with Crippen LogP contribution in [0.5, 0.6) is 5.75 Å². The highest BCUT2D eigenvalue weighted by Gasteiger charge is 2.44. The zero-order valence-corrected chi connectivity index (χ0v) is 16.6. The van der Waals surface area contributed by atoms with Crippen molar-refractivity contribution in [2.45, 2.75) is 37.6 Å². The van der Waals surface area contributed by atoms with Crippen LogP contribution in [0.2, 0.25) is 0 Å². The number of likely N-dealkylation sites (tertiary alicyclic amines) is 1. The van der Waals surface area contributed by atoms with E-state index >= 15 is 0 Å². The number of aromatic nitrogens is 2. The first-order chi connectivity index (χ1) is 13.7. The van der Waals surface area contributed by atoms with E-state index < -0.39 is 5.54 Å². The maximum atomic E-state index is 13.5. The summed E-state index contributed by atoms with van der Waals surface area (Å²) in [6.07, 6.45) is 8.52. The van der Waals surface area contributed by atoms with Crippen molar-refractivity contribution in [3.63, 3.8) is 0 Å². The fourth-order valence-electron chi connectivity index (χ4n) is 4.63. The highest BCUT2D eigenvalue weighted by atomic mass is 16.5. The first kappa shape index (κ1) is 19.0. The average Bonchev–Trinajstić information content (AvgIpc) is 3.30. The van der Waals surface area contributed by atoms with Crippen molar-refractivity contribution in [2.24, 2.45) is 5.92 Å². The van der Waals surface area contributed by atoms with Gasteiger partial charge in [-0.25, -0.2) is 0 Å². The molecule has 2 aliphatic heterocycles.